The third-order valence-electron chi connectivity index (χ3n) is 3.58. The molecule has 2 rings (SSSR count). The summed E-state index contributed by atoms with van der Waals surface area (Å²) in [6, 6.07) is 10.4. The van der Waals surface area contributed by atoms with Crippen molar-refractivity contribution >= 4 is 5.97 Å². The van der Waals surface area contributed by atoms with E-state index in [1.807, 2.05) is 30.3 Å². The van der Waals surface area contributed by atoms with Crippen LogP contribution in [-0.2, 0) is 9.53 Å². The highest BCUT2D eigenvalue weighted by Crippen LogP contribution is 2.19. The number of hydrogen-bond donors (Lipinski definition) is 1. The first-order chi connectivity index (χ1) is 9.20. The van der Waals surface area contributed by atoms with Gasteiger partial charge in [-0.3, -0.25) is 9.69 Å². The molecule has 1 fully saturated rings. The van der Waals surface area contributed by atoms with E-state index in [-0.39, 0.29) is 11.9 Å². The lowest BCUT2D eigenvalue weighted by Crippen LogP contribution is -2.50. The van der Waals surface area contributed by atoms with Crippen LogP contribution < -0.4 is 5.32 Å². The fraction of sp³-hybridized carbons (Fsp3) is 0.533. The minimum atomic E-state index is -0.198. The molecule has 1 unspecified atom stereocenters. The van der Waals surface area contributed by atoms with Gasteiger partial charge in [0.15, 0.2) is 0 Å². The van der Waals surface area contributed by atoms with Crippen LogP contribution in [0, 0.1) is 0 Å². The number of rotatable bonds is 4. The van der Waals surface area contributed by atoms with E-state index < -0.39 is 0 Å². The van der Waals surface area contributed by atoms with Gasteiger partial charge in [0.25, 0.3) is 0 Å². The summed E-state index contributed by atoms with van der Waals surface area (Å²) in [5, 5.41) is 3.41. The smallest absolute Gasteiger partial charge is 0.314 e. The van der Waals surface area contributed by atoms with Gasteiger partial charge in [-0.15, -0.1) is 0 Å². The molecule has 2 atom stereocenters. The number of methoxy groups -OCH3 is 1. The second kappa shape index (κ2) is 6.68. The molecule has 104 valence electrons. The zero-order valence-electron chi connectivity index (χ0n) is 11.6. The predicted molar refractivity (Wildman–Crippen MR) is 75.1 cm³/mol. The highest BCUT2D eigenvalue weighted by atomic mass is 16.5. The van der Waals surface area contributed by atoms with Crippen molar-refractivity contribution in [3.05, 3.63) is 35.9 Å². The summed E-state index contributed by atoms with van der Waals surface area (Å²) in [7, 11) is 1.46. The zero-order chi connectivity index (χ0) is 13.7. The van der Waals surface area contributed by atoms with Gasteiger partial charge in [-0.2, -0.15) is 0 Å². The maximum atomic E-state index is 12.0. The highest BCUT2D eigenvalue weighted by molar-refractivity contribution is 5.78. The normalized spacial score (nSPS) is 21.9. The molecular formula is C15H22N2O2. The Morgan fingerprint density at radius 1 is 1.47 bits per heavy atom. The van der Waals surface area contributed by atoms with E-state index in [9.17, 15) is 4.79 Å². The lowest BCUT2D eigenvalue weighted by Gasteiger charge is -2.33. The monoisotopic (exact) mass is 262 g/mol. The van der Waals surface area contributed by atoms with Crippen molar-refractivity contribution in [2.75, 3.05) is 33.3 Å². The van der Waals surface area contributed by atoms with Gasteiger partial charge in [-0.1, -0.05) is 30.3 Å². The summed E-state index contributed by atoms with van der Waals surface area (Å²) in [6.45, 7) is 5.82. The molecule has 0 bridgehead atoms. The summed E-state index contributed by atoms with van der Waals surface area (Å²) in [5.41, 5.74) is 1.03. The Morgan fingerprint density at radius 2 is 2.21 bits per heavy atom. The topological polar surface area (TPSA) is 41.6 Å². The summed E-state index contributed by atoms with van der Waals surface area (Å²) in [6.07, 6.45) is 0. The van der Waals surface area contributed by atoms with E-state index in [0.29, 0.717) is 6.04 Å². The van der Waals surface area contributed by atoms with Crippen molar-refractivity contribution in [2.24, 2.45) is 0 Å². The molecule has 0 amide bonds. The maximum Gasteiger partial charge on any atom is 0.314 e. The van der Waals surface area contributed by atoms with Crippen LogP contribution in [0.15, 0.2) is 30.3 Å². The lowest BCUT2D eigenvalue weighted by atomic mass is 9.98. The Labute approximate surface area is 114 Å². The molecule has 1 N–H and O–H groups in total. The average Bonchev–Trinajstić information content (AvgIpc) is 2.45. The number of hydrogen-bond acceptors (Lipinski definition) is 4. The van der Waals surface area contributed by atoms with Gasteiger partial charge in [0.2, 0.25) is 0 Å². The van der Waals surface area contributed by atoms with Crippen molar-refractivity contribution in [2.45, 2.75) is 18.9 Å². The third-order valence-corrected chi connectivity index (χ3v) is 3.58. The van der Waals surface area contributed by atoms with Crippen molar-refractivity contribution in [1.29, 1.82) is 0 Å². The van der Waals surface area contributed by atoms with Crippen LogP contribution in [-0.4, -0.2) is 50.2 Å². The number of nitrogens with zero attached hydrogens (tertiary/aromatic N) is 1. The van der Waals surface area contributed by atoms with Crippen LogP contribution in [0.4, 0.5) is 0 Å². The fourth-order valence-corrected chi connectivity index (χ4v) is 2.58. The quantitative estimate of drug-likeness (QED) is 0.829. The summed E-state index contributed by atoms with van der Waals surface area (Å²) < 4.78 is 4.95. The van der Waals surface area contributed by atoms with E-state index in [1.165, 1.54) is 7.11 Å². The Balaban J connectivity index is 2.08. The lowest BCUT2D eigenvalue weighted by molar-refractivity contribution is -0.143. The van der Waals surface area contributed by atoms with Gasteiger partial charge < -0.3 is 10.1 Å². The van der Waals surface area contributed by atoms with Crippen molar-refractivity contribution < 1.29 is 9.53 Å². The highest BCUT2D eigenvalue weighted by Gasteiger charge is 2.26. The first-order valence-corrected chi connectivity index (χ1v) is 6.79. The molecule has 1 aromatic rings. The number of benzene rings is 1. The molecule has 1 heterocycles. The van der Waals surface area contributed by atoms with Crippen LogP contribution >= 0.6 is 0 Å². The second-order valence-electron chi connectivity index (χ2n) is 5.10. The molecule has 0 saturated carbocycles. The van der Waals surface area contributed by atoms with Crippen LogP contribution in [0.5, 0.6) is 0 Å². The van der Waals surface area contributed by atoms with Crippen LogP contribution in [0.1, 0.15) is 18.4 Å². The SMILES string of the molecule is COC(=O)C(CN1CCN[C@H](C)C1)c1ccccc1. The molecule has 0 radical (unpaired) electrons. The summed E-state index contributed by atoms with van der Waals surface area (Å²) >= 11 is 0. The number of esters is 1. The molecule has 1 saturated heterocycles. The van der Waals surface area contributed by atoms with E-state index >= 15 is 0 Å². The molecule has 4 heteroatoms. The Hall–Kier alpha value is -1.39. The first-order valence-electron chi connectivity index (χ1n) is 6.79. The van der Waals surface area contributed by atoms with Gasteiger partial charge in [0.05, 0.1) is 13.0 Å². The van der Waals surface area contributed by atoms with Gasteiger partial charge in [-0.25, -0.2) is 0 Å². The van der Waals surface area contributed by atoms with Gasteiger partial charge >= 0.3 is 5.97 Å². The molecule has 1 aliphatic rings. The molecule has 19 heavy (non-hydrogen) atoms. The predicted octanol–water partition coefficient (Wildman–Crippen LogP) is 1.24. The molecule has 1 aliphatic heterocycles. The summed E-state index contributed by atoms with van der Waals surface area (Å²) in [5.74, 6) is -0.353. The Bertz CT molecular complexity index is 408. The van der Waals surface area contributed by atoms with Gasteiger partial charge in [0, 0.05) is 32.2 Å². The van der Waals surface area contributed by atoms with E-state index in [4.69, 9.17) is 4.74 Å². The van der Waals surface area contributed by atoms with Crippen molar-refractivity contribution in [3.63, 3.8) is 0 Å². The molecule has 1 aromatic carbocycles. The maximum absolute atomic E-state index is 12.0. The van der Waals surface area contributed by atoms with Crippen LogP contribution in [0.2, 0.25) is 0 Å². The van der Waals surface area contributed by atoms with Gasteiger partial charge in [-0.05, 0) is 12.5 Å². The molecule has 0 spiro atoms. The number of carbonyl (C=O) groups excluding carboxylic acids is 1. The fourth-order valence-electron chi connectivity index (χ4n) is 2.58. The average molecular weight is 262 g/mol. The van der Waals surface area contributed by atoms with Crippen LogP contribution in [0.25, 0.3) is 0 Å². The van der Waals surface area contributed by atoms with Crippen molar-refractivity contribution in [3.8, 4) is 0 Å². The van der Waals surface area contributed by atoms with Crippen molar-refractivity contribution in [1.82, 2.24) is 10.2 Å². The number of ether oxygens (including phenoxy) is 1. The van der Waals surface area contributed by atoms with E-state index in [1.54, 1.807) is 0 Å². The van der Waals surface area contributed by atoms with E-state index in [2.05, 4.69) is 17.1 Å². The first kappa shape index (κ1) is 14.0. The Kier molecular flexibility index (Phi) is 4.93. The Morgan fingerprint density at radius 3 is 2.84 bits per heavy atom. The third kappa shape index (κ3) is 3.78. The number of carbonyl (C=O) groups is 1. The zero-order valence-corrected chi connectivity index (χ0v) is 11.6. The van der Waals surface area contributed by atoms with Crippen LogP contribution in [0.3, 0.4) is 0 Å². The standard InChI is InChI=1S/C15H22N2O2/c1-12-10-17(9-8-16-12)11-14(15(18)19-2)13-6-4-3-5-7-13/h3-7,12,14,16H,8-11H2,1-2H3/t12-,14?/m1/s1. The second-order valence-corrected chi connectivity index (χ2v) is 5.10. The van der Waals surface area contributed by atoms with Gasteiger partial charge in [0.1, 0.15) is 0 Å². The molecule has 4 nitrogen and oxygen atoms in total. The summed E-state index contributed by atoms with van der Waals surface area (Å²) in [4.78, 5) is 14.3. The molecular weight excluding hydrogens is 240 g/mol. The number of nitrogens with one attached hydrogen (secondary N) is 1. The molecule has 0 aromatic heterocycles. The van der Waals surface area contributed by atoms with E-state index in [0.717, 1.165) is 31.7 Å². The molecule has 0 aliphatic carbocycles. The minimum Gasteiger partial charge on any atom is -0.469 e. The largest absolute Gasteiger partial charge is 0.469 e. The minimum absolute atomic E-state index is 0.155. The number of piperazine rings is 1.